The predicted octanol–water partition coefficient (Wildman–Crippen LogP) is 1.97. The number of benzene rings is 1. The van der Waals surface area contributed by atoms with Gasteiger partial charge in [-0.2, -0.15) is 0 Å². The van der Waals surface area contributed by atoms with Gasteiger partial charge in [0, 0.05) is 23.3 Å². The number of nitrogens with zero attached hydrogens (tertiary/aromatic N) is 2. The van der Waals surface area contributed by atoms with Crippen LogP contribution in [0.1, 0.15) is 15.9 Å². The Kier molecular flexibility index (Phi) is 4.47. The number of aryl methyl sites for hydroxylation is 1. The summed E-state index contributed by atoms with van der Waals surface area (Å²) in [6.07, 6.45) is -6.62. The third kappa shape index (κ3) is 2.89. The largest absolute Gasteiger partial charge is 0.361 e. The quantitative estimate of drug-likeness (QED) is 0.492. The van der Waals surface area contributed by atoms with Crippen LogP contribution in [0.15, 0.2) is 30.0 Å². The maximum atomic E-state index is 13.1. The van der Waals surface area contributed by atoms with E-state index in [-0.39, 0.29) is 27.9 Å². The Morgan fingerprint density at radius 1 is 1.38 bits per heavy atom. The van der Waals surface area contributed by atoms with Crippen LogP contribution in [-0.4, -0.2) is 39.5 Å². The van der Waals surface area contributed by atoms with Crippen LogP contribution in [0.5, 0.6) is 0 Å². The van der Waals surface area contributed by atoms with Crippen LogP contribution in [0.25, 0.3) is 0 Å². The third-order valence-electron chi connectivity index (χ3n) is 3.37. The standard InChI is InChI=1S/C13H11F4N3O4/c1-6-4-7(2-3-9(6)20(23)24)11(21)19-13(22,12(16)17)5-8(18-19)10(14)15/h2-5,10,12,18,22H,1H3. The van der Waals surface area contributed by atoms with E-state index in [2.05, 4.69) is 0 Å². The van der Waals surface area contributed by atoms with Gasteiger partial charge in [-0.15, -0.1) is 0 Å². The summed E-state index contributed by atoms with van der Waals surface area (Å²) in [5, 5.41) is 20.6. The number of nitro groups is 1. The monoisotopic (exact) mass is 349 g/mol. The summed E-state index contributed by atoms with van der Waals surface area (Å²) in [5.74, 6) is -1.25. The number of carbonyl (C=O) groups excluding carboxylic acids is 1. The van der Waals surface area contributed by atoms with Gasteiger partial charge in [-0.25, -0.2) is 22.6 Å². The molecule has 11 heteroatoms. The van der Waals surface area contributed by atoms with Crippen LogP contribution in [0.2, 0.25) is 0 Å². The molecule has 1 aromatic carbocycles. The van der Waals surface area contributed by atoms with Crippen molar-refractivity contribution in [2.45, 2.75) is 25.5 Å². The Labute approximate surface area is 132 Å². The Hall–Kier alpha value is -2.69. The van der Waals surface area contributed by atoms with Crippen molar-refractivity contribution in [2.75, 3.05) is 0 Å². The zero-order valence-electron chi connectivity index (χ0n) is 12.0. The summed E-state index contributed by atoms with van der Waals surface area (Å²) in [6, 6.07) is 2.98. The van der Waals surface area contributed by atoms with Gasteiger partial charge in [0.25, 0.3) is 24.4 Å². The first-order valence-electron chi connectivity index (χ1n) is 6.45. The third-order valence-corrected chi connectivity index (χ3v) is 3.37. The van der Waals surface area contributed by atoms with E-state index in [4.69, 9.17) is 0 Å². The Morgan fingerprint density at radius 3 is 2.46 bits per heavy atom. The van der Waals surface area contributed by atoms with Crippen LogP contribution in [-0.2, 0) is 0 Å². The summed E-state index contributed by atoms with van der Waals surface area (Å²) < 4.78 is 51.5. The van der Waals surface area contributed by atoms with Gasteiger partial charge in [0.15, 0.2) is 0 Å². The number of hydrazine groups is 1. The van der Waals surface area contributed by atoms with E-state index < -0.39 is 35.1 Å². The second-order valence-electron chi connectivity index (χ2n) is 4.99. The van der Waals surface area contributed by atoms with Crippen molar-refractivity contribution in [3.05, 3.63) is 51.2 Å². The predicted molar refractivity (Wildman–Crippen MR) is 72.2 cm³/mol. The van der Waals surface area contributed by atoms with E-state index in [0.717, 1.165) is 18.2 Å². The highest BCUT2D eigenvalue weighted by molar-refractivity contribution is 5.95. The maximum absolute atomic E-state index is 13.1. The lowest BCUT2D eigenvalue weighted by molar-refractivity contribution is -0.385. The lowest BCUT2D eigenvalue weighted by Crippen LogP contribution is -2.56. The first-order valence-corrected chi connectivity index (χ1v) is 6.45. The first-order chi connectivity index (χ1) is 11.1. The summed E-state index contributed by atoms with van der Waals surface area (Å²) in [6.45, 7) is 1.31. The molecular weight excluding hydrogens is 338 g/mol. The highest BCUT2D eigenvalue weighted by Gasteiger charge is 2.51. The fourth-order valence-electron chi connectivity index (χ4n) is 2.15. The number of rotatable bonds is 4. The van der Waals surface area contributed by atoms with E-state index in [1.165, 1.54) is 6.92 Å². The van der Waals surface area contributed by atoms with Gasteiger partial charge in [0.2, 0.25) is 5.72 Å². The van der Waals surface area contributed by atoms with Crippen molar-refractivity contribution in [1.29, 1.82) is 0 Å². The fourth-order valence-corrected chi connectivity index (χ4v) is 2.15. The normalized spacial score (nSPS) is 20.3. The molecule has 1 heterocycles. The van der Waals surface area contributed by atoms with E-state index in [1.807, 2.05) is 0 Å². The molecule has 7 nitrogen and oxygen atoms in total. The van der Waals surface area contributed by atoms with E-state index in [9.17, 15) is 37.6 Å². The molecule has 0 radical (unpaired) electrons. The number of nitro benzene ring substituents is 1. The average molecular weight is 349 g/mol. The van der Waals surface area contributed by atoms with E-state index in [1.54, 1.807) is 5.43 Å². The van der Waals surface area contributed by atoms with Gasteiger partial charge in [-0.1, -0.05) is 0 Å². The molecule has 24 heavy (non-hydrogen) atoms. The zero-order valence-corrected chi connectivity index (χ0v) is 12.0. The van der Waals surface area contributed by atoms with Gasteiger partial charge in [0.1, 0.15) is 0 Å². The topological polar surface area (TPSA) is 95.7 Å². The number of nitrogens with one attached hydrogen (secondary N) is 1. The summed E-state index contributed by atoms with van der Waals surface area (Å²) in [4.78, 5) is 22.3. The van der Waals surface area contributed by atoms with Crippen molar-refractivity contribution in [3.63, 3.8) is 0 Å². The van der Waals surface area contributed by atoms with Crippen molar-refractivity contribution < 1.29 is 32.4 Å². The molecule has 2 rings (SSSR count). The molecule has 0 saturated carbocycles. The first kappa shape index (κ1) is 17.7. The summed E-state index contributed by atoms with van der Waals surface area (Å²) >= 11 is 0. The number of halogens is 4. The molecule has 0 aliphatic carbocycles. The molecule has 0 saturated heterocycles. The minimum absolute atomic E-state index is 0.0280. The molecule has 1 unspecified atom stereocenters. The maximum Gasteiger partial charge on any atom is 0.291 e. The Bertz CT molecular complexity index is 725. The molecule has 1 atom stereocenters. The second-order valence-corrected chi connectivity index (χ2v) is 4.99. The molecule has 0 bridgehead atoms. The minimum Gasteiger partial charge on any atom is -0.361 e. The van der Waals surface area contributed by atoms with E-state index >= 15 is 0 Å². The molecule has 1 amide bonds. The zero-order chi connectivity index (χ0) is 18.2. The highest BCUT2D eigenvalue weighted by atomic mass is 19.3. The smallest absolute Gasteiger partial charge is 0.291 e. The molecule has 1 aromatic rings. The van der Waals surface area contributed by atoms with E-state index in [0.29, 0.717) is 0 Å². The fraction of sp³-hybridized carbons (Fsp3) is 0.308. The van der Waals surface area contributed by atoms with Gasteiger partial charge < -0.3 is 5.11 Å². The minimum atomic E-state index is -3.57. The van der Waals surface area contributed by atoms with Crippen molar-refractivity contribution >= 4 is 11.6 Å². The SMILES string of the molecule is Cc1cc(C(=O)N2NC(C(F)F)=CC2(O)C(F)F)ccc1[N+](=O)[O-]. The molecule has 2 N–H and O–H groups in total. The van der Waals surface area contributed by atoms with Crippen LogP contribution in [0.3, 0.4) is 0 Å². The number of hydrogen-bond acceptors (Lipinski definition) is 5. The number of amides is 1. The van der Waals surface area contributed by atoms with Crippen molar-refractivity contribution in [1.82, 2.24) is 10.4 Å². The Balaban J connectivity index is 2.39. The number of hydrogen-bond donors (Lipinski definition) is 2. The number of allylic oxidation sites excluding steroid dienone is 1. The number of alkyl halides is 4. The van der Waals surface area contributed by atoms with Crippen LogP contribution < -0.4 is 5.43 Å². The van der Waals surface area contributed by atoms with Gasteiger partial charge in [-0.3, -0.25) is 20.3 Å². The van der Waals surface area contributed by atoms with Crippen LogP contribution >= 0.6 is 0 Å². The van der Waals surface area contributed by atoms with Crippen molar-refractivity contribution in [3.8, 4) is 0 Å². The Morgan fingerprint density at radius 2 is 2.00 bits per heavy atom. The molecule has 0 aromatic heterocycles. The molecule has 0 spiro atoms. The summed E-state index contributed by atoms with van der Waals surface area (Å²) in [7, 11) is 0. The molecular formula is C13H11F4N3O4. The molecule has 1 aliphatic rings. The molecule has 1 aliphatic heterocycles. The van der Waals surface area contributed by atoms with Crippen LogP contribution in [0, 0.1) is 17.0 Å². The summed E-state index contributed by atoms with van der Waals surface area (Å²) in [5.41, 5.74) is -3.11. The lowest BCUT2D eigenvalue weighted by atomic mass is 10.1. The number of aliphatic hydroxyl groups is 1. The van der Waals surface area contributed by atoms with Crippen molar-refractivity contribution in [2.24, 2.45) is 0 Å². The van der Waals surface area contributed by atoms with Gasteiger partial charge in [0.05, 0.1) is 10.6 Å². The average Bonchev–Trinajstić information content (AvgIpc) is 2.85. The lowest BCUT2D eigenvalue weighted by Gasteiger charge is -2.31. The highest BCUT2D eigenvalue weighted by Crippen LogP contribution is 2.31. The molecule has 130 valence electrons. The molecule has 0 fully saturated rings. The van der Waals surface area contributed by atoms with Gasteiger partial charge >= 0.3 is 0 Å². The number of carbonyl (C=O) groups is 1. The van der Waals surface area contributed by atoms with Gasteiger partial charge in [-0.05, 0) is 19.1 Å². The van der Waals surface area contributed by atoms with Crippen LogP contribution in [0.4, 0.5) is 23.2 Å². The second kappa shape index (κ2) is 6.07.